The molecule has 3 aromatic rings. The second-order valence-corrected chi connectivity index (χ2v) is 17.0. The van der Waals surface area contributed by atoms with E-state index in [0.29, 0.717) is 22.2 Å². The van der Waals surface area contributed by atoms with Gasteiger partial charge in [-0.3, -0.25) is 0 Å². The average molecular weight is 527 g/mol. The number of fused-ring (bicyclic) bond motifs is 1. The second-order valence-electron chi connectivity index (χ2n) is 10.4. The van der Waals surface area contributed by atoms with Crippen molar-refractivity contribution in [1.82, 2.24) is 9.71 Å². The minimum atomic E-state index is -3.67. The summed E-state index contributed by atoms with van der Waals surface area (Å²) in [6.07, 6.45) is -0.314. The Morgan fingerprint density at radius 2 is 1.69 bits per heavy atom. The van der Waals surface area contributed by atoms with E-state index in [0.717, 1.165) is 6.07 Å². The molecule has 0 saturated heterocycles. The van der Waals surface area contributed by atoms with Crippen LogP contribution in [-0.4, -0.2) is 40.1 Å². The number of sulfonamides is 1. The zero-order valence-corrected chi connectivity index (χ0v) is 22.7. The maximum Gasteiger partial charge on any atom is 0.214 e. The van der Waals surface area contributed by atoms with E-state index in [2.05, 4.69) is 43.6 Å². The first kappa shape index (κ1) is 27.4. The summed E-state index contributed by atoms with van der Waals surface area (Å²) in [6.45, 7) is 12.2. The van der Waals surface area contributed by atoms with Gasteiger partial charge in [0.1, 0.15) is 17.5 Å². The highest BCUT2D eigenvalue weighted by atomic mass is 32.2. The Morgan fingerprint density at radius 1 is 1.06 bits per heavy atom. The van der Waals surface area contributed by atoms with Crippen LogP contribution in [0.25, 0.3) is 22.2 Å². The van der Waals surface area contributed by atoms with Crippen molar-refractivity contribution in [3.63, 3.8) is 0 Å². The van der Waals surface area contributed by atoms with E-state index >= 15 is 0 Å². The van der Waals surface area contributed by atoms with Crippen molar-refractivity contribution in [2.45, 2.75) is 58.4 Å². The third-order valence-corrected chi connectivity index (χ3v) is 12.7. The number of nitrogens with one attached hydrogen (secondary N) is 2. The number of rotatable bonds is 9. The molecule has 1 aromatic heterocycles. The van der Waals surface area contributed by atoms with Crippen LogP contribution in [0.1, 0.15) is 33.3 Å². The van der Waals surface area contributed by atoms with Crippen LogP contribution in [0.5, 0.6) is 0 Å². The zero-order valence-electron chi connectivity index (χ0n) is 20.9. The van der Waals surface area contributed by atoms with Crippen LogP contribution in [0.2, 0.25) is 18.1 Å². The van der Waals surface area contributed by atoms with Crippen LogP contribution in [-0.2, 0) is 20.9 Å². The van der Waals surface area contributed by atoms with Crippen LogP contribution < -0.4 is 4.72 Å². The molecule has 35 heavy (non-hydrogen) atoms. The van der Waals surface area contributed by atoms with Gasteiger partial charge in [0.25, 0.3) is 0 Å². The maximum absolute atomic E-state index is 14.4. The molecule has 0 aliphatic heterocycles. The molecule has 1 unspecified atom stereocenters. The van der Waals surface area contributed by atoms with Crippen molar-refractivity contribution in [1.29, 1.82) is 0 Å². The molecular formula is C25H33F3N2O3SSi. The van der Waals surface area contributed by atoms with Crippen LogP contribution in [0.3, 0.4) is 0 Å². The fourth-order valence-corrected chi connectivity index (χ4v) is 6.59. The first-order chi connectivity index (χ1) is 16.1. The fraction of sp³-hybridized carbons (Fsp3) is 0.440. The van der Waals surface area contributed by atoms with Crippen LogP contribution >= 0.6 is 0 Å². The van der Waals surface area contributed by atoms with E-state index in [9.17, 15) is 21.6 Å². The molecule has 1 heterocycles. The molecule has 0 amide bonds. The first-order valence-corrected chi connectivity index (χ1v) is 16.1. The van der Waals surface area contributed by atoms with Crippen molar-refractivity contribution in [2.24, 2.45) is 0 Å². The van der Waals surface area contributed by atoms with Crippen LogP contribution in [0, 0.1) is 17.5 Å². The summed E-state index contributed by atoms with van der Waals surface area (Å²) in [4.78, 5) is 2.96. The highest BCUT2D eigenvalue weighted by Crippen LogP contribution is 2.37. The Bertz CT molecular complexity index is 1300. The smallest absolute Gasteiger partial charge is 0.214 e. The minimum absolute atomic E-state index is 0.0222. The van der Waals surface area contributed by atoms with Gasteiger partial charge < -0.3 is 9.41 Å². The highest BCUT2D eigenvalue weighted by molar-refractivity contribution is 7.89. The summed E-state index contributed by atoms with van der Waals surface area (Å²) in [5, 5.41) is 0.269. The van der Waals surface area contributed by atoms with Gasteiger partial charge in [-0.15, -0.1) is 0 Å². The summed E-state index contributed by atoms with van der Waals surface area (Å²) in [5.41, 5.74) is 1.72. The largest absolute Gasteiger partial charge is 0.413 e. The van der Waals surface area contributed by atoms with Gasteiger partial charge in [-0.2, -0.15) is 0 Å². The van der Waals surface area contributed by atoms with Gasteiger partial charge in [-0.05, 0) is 72.9 Å². The van der Waals surface area contributed by atoms with Crippen molar-refractivity contribution in [3.8, 4) is 11.3 Å². The molecule has 0 aliphatic carbocycles. The Morgan fingerprint density at radius 3 is 2.29 bits per heavy atom. The molecule has 1 atom stereocenters. The van der Waals surface area contributed by atoms with E-state index in [1.807, 2.05) is 0 Å². The molecule has 2 aromatic carbocycles. The summed E-state index contributed by atoms with van der Waals surface area (Å²) in [7, 11) is -5.79. The monoisotopic (exact) mass is 526 g/mol. The number of aromatic nitrogens is 1. The normalized spacial score (nSPS) is 14.0. The quantitative estimate of drug-likeness (QED) is 0.330. The summed E-state index contributed by atoms with van der Waals surface area (Å²) >= 11 is 0. The maximum atomic E-state index is 14.4. The molecule has 0 saturated carbocycles. The lowest BCUT2D eigenvalue weighted by molar-refractivity contribution is 0.219. The van der Waals surface area contributed by atoms with Gasteiger partial charge in [0.2, 0.25) is 10.0 Å². The zero-order chi connectivity index (χ0) is 26.2. The first-order valence-electron chi connectivity index (χ1n) is 11.5. The summed E-state index contributed by atoms with van der Waals surface area (Å²) in [6, 6.07) is 7.59. The molecule has 3 rings (SSSR count). The predicted octanol–water partition coefficient (Wildman–Crippen LogP) is 6.12. The van der Waals surface area contributed by atoms with E-state index in [4.69, 9.17) is 4.43 Å². The Balaban J connectivity index is 1.79. The fourth-order valence-electron chi connectivity index (χ4n) is 3.81. The molecular weight excluding hydrogens is 493 g/mol. The van der Waals surface area contributed by atoms with Gasteiger partial charge in [0, 0.05) is 23.7 Å². The van der Waals surface area contributed by atoms with Crippen molar-refractivity contribution >= 4 is 29.2 Å². The van der Waals surface area contributed by atoms with Gasteiger partial charge in [0.15, 0.2) is 8.32 Å². The Kier molecular flexibility index (Phi) is 7.90. The molecule has 10 heteroatoms. The van der Waals surface area contributed by atoms with Crippen molar-refractivity contribution < 1.29 is 26.0 Å². The van der Waals surface area contributed by atoms with Crippen LogP contribution in [0.15, 0.2) is 36.4 Å². The lowest BCUT2D eigenvalue weighted by atomic mass is 10.0. The summed E-state index contributed by atoms with van der Waals surface area (Å²) in [5.74, 6) is -2.11. The standard InChI is InChI=1S/C25H33F3N2O3SSi/c1-16(33-35(5,6)25(2,3)4)15-34(31,32)29-12-11-20-21-13-19(27)14-22(28)24(21)30-23(20)17-7-9-18(26)10-8-17/h7-10,13-14,16,29-30H,11-12,15H2,1-6H3. The second kappa shape index (κ2) is 10.1. The SMILES string of the molecule is CC(CS(=O)(=O)NCCc1c(-c2ccc(F)cc2)[nH]c2c(F)cc(F)cc12)O[Si](C)(C)C(C)(C)C. The lowest BCUT2D eigenvalue weighted by Gasteiger charge is -2.38. The van der Waals surface area contributed by atoms with E-state index in [-0.39, 0.29) is 29.3 Å². The van der Waals surface area contributed by atoms with Crippen molar-refractivity contribution in [2.75, 3.05) is 12.3 Å². The molecule has 2 N–H and O–H groups in total. The molecule has 5 nitrogen and oxygen atoms in total. The summed E-state index contributed by atoms with van der Waals surface area (Å²) < 4.78 is 76.0. The number of aromatic amines is 1. The van der Waals surface area contributed by atoms with E-state index in [1.54, 1.807) is 6.92 Å². The average Bonchev–Trinajstić information content (AvgIpc) is 3.05. The Hall–Kier alpha value is -2.14. The van der Waals surface area contributed by atoms with Crippen molar-refractivity contribution in [3.05, 3.63) is 59.4 Å². The highest BCUT2D eigenvalue weighted by Gasteiger charge is 2.39. The molecule has 192 valence electrons. The topological polar surface area (TPSA) is 71.2 Å². The number of H-pyrrole nitrogens is 1. The van der Waals surface area contributed by atoms with Gasteiger partial charge in [0.05, 0.1) is 17.4 Å². The third kappa shape index (κ3) is 6.55. The number of halogens is 3. The molecule has 0 radical (unpaired) electrons. The molecule has 0 fully saturated rings. The molecule has 0 bridgehead atoms. The predicted molar refractivity (Wildman–Crippen MR) is 137 cm³/mol. The van der Waals surface area contributed by atoms with E-state index in [1.165, 1.54) is 30.3 Å². The number of benzene rings is 2. The lowest BCUT2D eigenvalue weighted by Crippen LogP contribution is -2.45. The van der Waals surface area contributed by atoms with Gasteiger partial charge in [-0.25, -0.2) is 26.3 Å². The number of hydrogen-bond acceptors (Lipinski definition) is 3. The van der Waals surface area contributed by atoms with Gasteiger partial charge >= 0.3 is 0 Å². The molecule has 0 aliphatic rings. The Labute approximate surface area is 206 Å². The molecule has 0 spiro atoms. The van der Waals surface area contributed by atoms with Gasteiger partial charge in [-0.1, -0.05) is 20.8 Å². The van der Waals surface area contributed by atoms with Crippen LogP contribution in [0.4, 0.5) is 13.2 Å². The van der Waals surface area contributed by atoms with E-state index < -0.39 is 41.9 Å². The third-order valence-electron chi connectivity index (χ3n) is 6.52. The minimum Gasteiger partial charge on any atom is -0.413 e. The number of hydrogen-bond donors (Lipinski definition) is 2.